The van der Waals surface area contributed by atoms with Crippen LogP contribution >= 0.6 is 22.1 Å². The molecule has 27 heteroatoms. The van der Waals surface area contributed by atoms with Gasteiger partial charge in [0.1, 0.15) is 0 Å². The average molecular weight is 952 g/mol. The van der Waals surface area contributed by atoms with Crippen molar-refractivity contribution in [1.82, 2.24) is 30.7 Å². The molecule has 360 valence electrons. The number of rotatable bonds is 36. The molecule has 1 heterocycles. The van der Waals surface area contributed by atoms with Crippen molar-refractivity contribution >= 4 is 39.8 Å². The van der Waals surface area contributed by atoms with Gasteiger partial charge in [-0.3, -0.25) is 42.8 Å². The molecule has 0 saturated carbocycles. The van der Waals surface area contributed by atoms with Crippen LogP contribution in [0.5, 0.6) is 0 Å². The Morgan fingerprint density at radius 3 is 0.921 bits per heavy atom. The summed E-state index contributed by atoms with van der Waals surface area (Å²) in [6, 6.07) is 0. The van der Waals surface area contributed by atoms with Crippen molar-refractivity contribution in [3.8, 4) is 0 Å². The van der Waals surface area contributed by atoms with Crippen molar-refractivity contribution in [2.75, 3.05) is 116 Å². The molecule has 63 heavy (non-hydrogen) atoms. The fourth-order valence-electron chi connectivity index (χ4n) is 6.65. The van der Waals surface area contributed by atoms with E-state index in [4.69, 9.17) is 16.6 Å². The smallest absolute Gasteiger partial charge is 0.220 e. The molecule has 1 aliphatic heterocycles. The van der Waals surface area contributed by atoms with Crippen LogP contribution in [0.1, 0.15) is 96.3 Å². The van der Waals surface area contributed by atoms with Crippen LogP contribution in [0.3, 0.4) is 0 Å². The van der Waals surface area contributed by atoms with Crippen LogP contribution in [-0.4, -0.2) is 163 Å². The van der Waals surface area contributed by atoms with Gasteiger partial charge in [-0.25, -0.2) is 0 Å². The quantitative estimate of drug-likeness (QED) is 0.0144. The van der Waals surface area contributed by atoms with Gasteiger partial charge in [0.2, 0.25) is 39.8 Å². The molecule has 0 aromatic heterocycles. The van der Waals surface area contributed by atoms with Gasteiger partial charge in [-0.15, -0.1) is 0 Å². The molecule has 0 spiro atoms. The van der Waals surface area contributed by atoms with Crippen LogP contribution in [-0.2, 0) is 28.1 Å². The van der Waals surface area contributed by atoms with Gasteiger partial charge in [0.05, 0.1) is 18.9 Å². The summed E-state index contributed by atoms with van der Waals surface area (Å²) in [5.74, 6) is -1.05. The molecule has 1 rings (SSSR count). The fourth-order valence-corrected chi connectivity index (χ4v) is 11.5. The molecule has 1 saturated heterocycles. The molecule has 3 atom stereocenters. The van der Waals surface area contributed by atoms with E-state index < -0.39 is 22.1 Å². The Morgan fingerprint density at radius 2 is 0.683 bits per heavy atom. The summed E-state index contributed by atoms with van der Waals surface area (Å²) in [4.78, 5) is 83.7. The highest BCUT2D eigenvalue weighted by Gasteiger charge is 2.30. The summed E-state index contributed by atoms with van der Waals surface area (Å²) in [7, 11) is -11.6. The molecule has 24 nitrogen and oxygen atoms in total. The number of carbonyl (C=O) groups is 3. The van der Waals surface area contributed by atoms with E-state index in [-0.39, 0.29) is 114 Å². The van der Waals surface area contributed by atoms with Gasteiger partial charge in [0.15, 0.2) is 0 Å². The van der Waals surface area contributed by atoms with Crippen molar-refractivity contribution < 1.29 is 42.8 Å². The lowest BCUT2D eigenvalue weighted by molar-refractivity contribution is -0.121. The zero-order valence-corrected chi connectivity index (χ0v) is 39.5. The molecule has 0 radical (unpaired) electrons. The molecule has 1 aliphatic rings. The maximum absolute atomic E-state index is 13.4. The third kappa shape index (κ3) is 33.9. The van der Waals surface area contributed by atoms with Crippen LogP contribution in [0.4, 0.5) is 0 Å². The van der Waals surface area contributed by atoms with Crippen molar-refractivity contribution in [2.45, 2.75) is 96.3 Å². The normalized spacial score (nSPS) is 16.8. The van der Waals surface area contributed by atoms with Gasteiger partial charge in [0.25, 0.3) is 0 Å². The second-order valence-corrected chi connectivity index (χ2v) is 23.2. The van der Waals surface area contributed by atoms with E-state index in [0.717, 1.165) is 57.8 Å². The van der Waals surface area contributed by atoms with E-state index in [0.29, 0.717) is 58.5 Å². The lowest BCUT2D eigenvalue weighted by atomic mass is 10.2. The van der Waals surface area contributed by atoms with Gasteiger partial charge in [0, 0.05) is 131 Å². The molecule has 0 bridgehead atoms. The lowest BCUT2D eigenvalue weighted by Gasteiger charge is -2.28. The first-order valence-electron chi connectivity index (χ1n) is 22.0. The van der Waals surface area contributed by atoms with Gasteiger partial charge in [-0.2, -0.15) is 0 Å². The SMILES string of the molecule is [N-]=[N+]=NCCCCCCNC(=O)CCP(=O)(O)CN1CCN(CP(=O)(O)CCC(=O)NCCCCCCN=[N+]=[N-])CCN(CP(=O)(O)CCC(=O)NCCCCCCN=[N+]=[N-])CC1. The summed E-state index contributed by atoms with van der Waals surface area (Å²) >= 11 is 0. The topological polar surface area (TPSA) is 355 Å². The van der Waals surface area contributed by atoms with Gasteiger partial charge in [-0.1, -0.05) is 53.9 Å². The number of carbonyl (C=O) groups excluding carboxylic acids is 3. The maximum atomic E-state index is 13.4. The largest absolute Gasteiger partial charge is 0.356 e. The Labute approximate surface area is 371 Å². The Hall–Kier alpha value is -3.21. The molecule has 3 amide bonds. The lowest BCUT2D eigenvalue weighted by Crippen LogP contribution is -2.37. The minimum absolute atomic E-state index is 0.156. The molecular weight excluding hydrogens is 879 g/mol. The number of nitrogens with zero attached hydrogens (tertiary/aromatic N) is 12. The Balaban J connectivity index is 2.84. The minimum atomic E-state index is -3.87. The van der Waals surface area contributed by atoms with E-state index in [1.54, 1.807) is 14.7 Å². The molecule has 0 aromatic carbocycles. The van der Waals surface area contributed by atoms with Crippen molar-refractivity contribution in [3.63, 3.8) is 0 Å². The first-order valence-corrected chi connectivity index (χ1v) is 28.1. The highest BCUT2D eigenvalue weighted by atomic mass is 31.2. The number of azide groups is 3. The third-order valence-corrected chi connectivity index (χ3v) is 15.5. The second kappa shape index (κ2) is 35.1. The summed E-state index contributed by atoms with van der Waals surface area (Å²) in [6.45, 7) is 3.91. The third-order valence-electron chi connectivity index (χ3n) is 10.2. The zero-order valence-electron chi connectivity index (χ0n) is 36.8. The van der Waals surface area contributed by atoms with Crippen LogP contribution in [0, 0.1) is 0 Å². The van der Waals surface area contributed by atoms with Crippen LogP contribution in [0.2, 0.25) is 0 Å². The molecule has 3 unspecified atom stereocenters. The van der Waals surface area contributed by atoms with Gasteiger partial charge >= 0.3 is 0 Å². The van der Waals surface area contributed by atoms with Crippen LogP contribution in [0.25, 0.3) is 31.3 Å². The minimum Gasteiger partial charge on any atom is -0.356 e. The Bertz CT molecular complexity index is 1450. The van der Waals surface area contributed by atoms with E-state index >= 15 is 0 Å². The highest BCUT2D eigenvalue weighted by molar-refractivity contribution is 7.58. The van der Waals surface area contributed by atoms with Gasteiger partial charge in [-0.05, 0) is 55.1 Å². The van der Waals surface area contributed by atoms with E-state index in [1.807, 2.05) is 0 Å². The summed E-state index contributed by atoms with van der Waals surface area (Å²) in [5.41, 5.74) is 25.0. The number of nitrogens with one attached hydrogen (secondary N) is 3. The highest BCUT2D eigenvalue weighted by Crippen LogP contribution is 2.44. The van der Waals surface area contributed by atoms with E-state index in [1.165, 1.54) is 0 Å². The molecular formula is C36H72N15O9P3. The standard InChI is InChI=1S/C36H72N15O9P3/c37-46-43-19-10-4-1-7-16-40-34(52)13-28-61(55,56)31-49-22-24-50(32-62(57,58)29-14-35(53)41-17-8-2-5-11-20-44-47-38)26-27-51(25-23-49)33-63(59,60)30-15-36(54)42-18-9-3-6-12-21-45-48-39/h1-33H2,(H,40,52)(H,41,53)(H,42,54)(H,55,56)(H,57,58)(H,59,60). The van der Waals surface area contributed by atoms with Crippen LogP contribution in [0.15, 0.2) is 15.3 Å². The Morgan fingerprint density at radius 1 is 0.444 bits per heavy atom. The van der Waals surface area contributed by atoms with Crippen LogP contribution < -0.4 is 16.0 Å². The fraction of sp³-hybridized carbons (Fsp3) is 0.917. The maximum Gasteiger partial charge on any atom is 0.220 e. The molecule has 0 aromatic rings. The van der Waals surface area contributed by atoms with Crippen molar-refractivity contribution in [2.24, 2.45) is 15.3 Å². The number of hydrogen-bond acceptors (Lipinski definition) is 12. The first-order chi connectivity index (χ1) is 30.1. The Kier molecular flexibility index (Phi) is 32.2. The van der Waals surface area contributed by atoms with E-state index in [2.05, 4.69) is 46.0 Å². The van der Waals surface area contributed by atoms with Gasteiger partial charge < -0.3 is 30.6 Å². The predicted molar refractivity (Wildman–Crippen MR) is 244 cm³/mol. The first kappa shape index (κ1) is 57.8. The second-order valence-electron chi connectivity index (χ2n) is 15.9. The zero-order chi connectivity index (χ0) is 46.7. The summed E-state index contributed by atoms with van der Waals surface area (Å²) < 4.78 is 40.3. The summed E-state index contributed by atoms with van der Waals surface area (Å²) in [6.07, 6.45) is 7.42. The number of amides is 3. The van der Waals surface area contributed by atoms with Crippen molar-refractivity contribution in [3.05, 3.63) is 31.3 Å². The average Bonchev–Trinajstić information content (AvgIpc) is 3.31. The predicted octanol–water partition coefficient (Wildman–Crippen LogP) is 5.72. The van der Waals surface area contributed by atoms with Crippen molar-refractivity contribution in [1.29, 1.82) is 0 Å². The summed E-state index contributed by atoms with van der Waals surface area (Å²) in [5, 5.41) is 18.8. The number of unbranched alkanes of at least 4 members (excludes halogenated alkanes) is 9. The molecule has 6 N–H and O–H groups in total. The molecule has 0 aliphatic carbocycles. The number of hydrogen-bond donors (Lipinski definition) is 6. The molecule has 1 fully saturated rings. The van der Waals surface area contributed by atoms with E-state index in [9.17, 15) is 42.8 Å². The monoisotopic (exact) mass is 951 g/mol.